The highest BCUT2D eigenvalue weighted by Crippen LogP contribution is 2.28. The zero-order chi connectivity index (χ0) is 27.5. The Labute approximate surface area is 224 Å². The second-order valence-corrected chi connectivity index (χ2v) is 9.57. The topological polar surface area (TPSA) is 115 Å². The van der Waals surface area contributed by atoms with Gasteiger partial charge in [-0.25, -0.2) is 0 Å². The van der Waals surface area contributed by atoms with Crippen molar-refractivity contribution in [1.82, 2.24) is 10.1 Å². The number of carbonyl (C=O) groups excluding carboxylic acids is 1. The van der Waals surface area contributed by atoms with Crippen LogP contribution in [0.2, 0.25) is 0 Å². The molecule has 0 saturated carbocycles. The van der Waals surface area contributed by atoms with Gasteiger partial charge in [0.15, 0.2) is 12.4 Å². The van der Waals surface area contributed by atoms with Crippen molar-refractivity contribution in [1.29, 1.82) is 5.41 Å². The van der Waals surface area contributed by atoms with E-state index in [4.69, 9.17) is 20.4 Å². The first kappa shape index (κ1) is 28.6. The fourth-order valence-electron chi connectivity index (χ4n) is 3.72. The van der Waals surface area contributed by atoms with Gasteiger partial charge in [0.05, 0.1) is 5.84 Å². The average molecular weight is 515 g/mol. The molecule has 0 aliphatic rings. The minimum absolute atomic E-state index is 0.00938. The van der Waals surface area contributed by atoms with E-state index in [2.05, 4.69) is 24.0 Å². The predicted octanol–water partition coefficient (Wildman–Crippen LogP) is 7.41. The number of hydrogen-bond donors (Lipinski definition) is 2. The number of nitrogens with zero attached hydrogens (tertiary/aromatic N) is 2. The van der Waals surface area contributed by atoms with Crippen molar-refractivity contribution < 1.29 is 14.1 Å². The third-order valence-electron chi connectivity index (χ3n) is 6.53. The van der Waals surface area contributed by atoms with E-state index in [1.807, 2.05) is 68.4 Å². The van der Waals surface area contributed by atoms with Crippen molar-refractivity contribution >= 4 is 22.4 Å². The third kappa shape index (κ3) is 8.00. The van der Waals surface area contributed by atoms with Crippen LogP contribution in [0.4, 0.5) is 0 Å². The van der Waals surface area contributed by atoms with Crippen LogP contribution in [-0.4, -0.2) is 28.4 Å². The summed E-state index contributed by atoms with van der Waals surface area (Å²) < 4.78 is 11.2. The highest BCUT2D eigenvalue weighted by molar-refractivity contribution is 5.97. The van der Waals surface area contributed by atoms with Crippen molar-refractivity contribution in [3.63, 3.8) is 0 Å². The van der Waals surface area contributed by atoms with Gasteiger partial charge in [-0.3, -0.25) is 10.2 Å². The Morgan fingerprint density at radius 1 is 1.03 bits per heavy atom. The molecule has 0 bridgehead atoms. The third-order valence-corrected chi connectivity index (χ3v) is 6.53. The quantitative estimate of drug-likeness (QED) is 0.122. The number of nitrogens with one attached hydrogen (secondary N) is 1. The standard InChI is InChI=1S/C26H26N2O3.C5H12N2/c1-3-4-8-18(2)26-27-25(28-31-26)22-12-11-21-16-23(14-13-20(21)15-22)30-17-24(29)19-9-6-5-7-10-19;1-3-4(2)5(6)7/h5-7,9-16,18H,3-4,8,17H2,1-2H3;4H,3H2,1-2H3,(H3,6,7). The van der Waals surface area contributed by atoms with Crippen LogP contribution >= 0.6 is 0 Å². The number of carbonyl (C=O) groups is 1. The van der Waals surface area contributed by atoms with Crippen LogP contribution in [0.1, 0.15) is 75.5 Å². The molecule has 0 saturated heterocycles. The monoisotopic (exact) mass is 514 g/mol. The molecule has 3 N–H and O–H groups in total. The van der Waals surface area contributed by atoms with E-state index in [0.717, 1.165) is 42.0 Å². The SMILES string of the molecule is CCC(C)C(=N)N.CCCCC(C)c1nc(-c2ccc3cc(OCC(=O)c4ccccc4)ccc3c2)no1. The normalized spacial score (nSPS) is 12.3. The molecule has 7 nitrogen and oxygen atoms in total. The molecule has 0 radical (unpaired) electrons. The minimum Gasteiger partial charge on any atom is -0.485 e. The number of aromatic nitrogens is 2. The van der Waals surface area contributed by atoms with Crippen LogP contribution in [0.5, 0.6) is 5.75 Å². The van der Waals surface area contributed by atoms with Gasteiger partial charge in [-0.2, -0.15) is 4.98 Å². The molecular formula is C31H38N4O3. The number of Topliss-reactive ketones (excluding diaryl/α,β-unsaturated/α-hetero) is 1. The number of hydrogen-bond acceptors (Lipinski definition) is 6. The molecule has 0 fully saturated rings. The molecule has 0 aliphatic carbocycles. The summed E-state index contributed by atoms with van der Waals surface area (Å²) in [6.07, 6.45) is 4.32. The summed E-state index contributed by atoms with van der Waals surface area (Å²) in [6, 6.07) is 21.0. The molecule has 38 heavy (non-hydrogen) atoms. The van der Waals surface area contributed by atoms with E-state index < -0.39 is 0 Å². The first-order valence-electron chi connectivity index (χ1n) is 13.2. The number of nitrogens with two attached hydrogens (primary N) is 1. The van der Waals surface area contributed by atoms with Crippen molar-refractivity contribution in [2.45, 2.75) is 59.3 Å². The van der Waals surface area contributed by atoms with Crippen LogP contribution in [0, 0.1) is 11.3 Å². The van der Waals surface area contributed by atoms with Crippen molar-refractivity contribution in [3.05, 3.63) is 78.2 Å². The van der Waals surface area contributed by atoms with E-state index in [-0.39, 0.29) is 24.2 Å². The molecular weight excluding hydrogens is 476 g/mol. The minimum atomic E-state index is -0.0443. The summed E-state index contributed by atoms with van der Waals surface area (Å²) in [7, 11) is 0. The summed E-state index contributed by atoms with van der Waals surface area (Å²) in [5.74, 6) is 2.74. The van der Waals surface area contributed by atoms with Gasteiger partial charge < -0.3 is 15.0 Å². The Morgan fingerprint density at radius 2 is 1.74 bits per heavy atom. The first-order valence-corrected chi connectivity index (χ1v) is 13.2. The zero-order valence-corrected chi connectivity index (χ0v) is 22.7. The maximum atomic E-state index is 12.2. The van der Waals surface area contributed by atoms with E-state index in [1.54, 1.807) is 12.1 Å². The van der Waals surface area contributed by atoms with Gasteiger partial charge in [-0.05, 0) is 41.8 Å². The fourth-order valence-corrected chi connectivity index (χ4v) is 3.72. The molecule has 1 heterocycles. The van der Waals surface area contributed by atoms with Gasteiger partial charge in [-0.1, -0.05) is 94.2 Å². The van der Waals surface area contributed by atoms with Crippen LogP contribution < -0.4 is 10.5 Å². The summed E-state index contributed by atoms with van der Waals surface area (Å²) >= 11 is 0. The van der Waals surface area contributed by atoms with Crippen LogP contribution in [0.3, 0.4) is 0 Å². The Kier molecular flexibility index (Phi) is 10.6. The second kappa shape index (κ2) is 14.1. The van der Waals surface area contributed by atoms with E-state index in [9.17, 15) is 4.79 Å². The number of ether oxygens (including phenoxy) is 1. The van der Waals surface area contributed by atoms with E-state index in [0.29, 0.717) is 28.9 Å². The molecule has 200 valence electrons. The van der Waals surface area contributed by atoms with Gasteiger partial charge in [0.25, 0.3) is 0 Å². The first-order chi connectivity index (χ1) is 18.3. The van der Waals surface area contributed by atoms with Crippen LogP contribution in [0.15, 0.2) is 71.3 Å². The van der Waals surface area contributed by atoms with Crippen LogP contribution in [-0.2, 0) is 0 Å². The van der Waals surface area contributed by atoms with Gasteiger partial charge in [0, 0.05) is 23.0 Å². The van der Waals surface area contributed by atoms with Crippen molar-refractivity contribution in [2.24, 2.45) is 11.7 Å². The maximum Gasteiger partial charge on any atom is 0.229 e. The van der Waals surface area contributed by atoms with Crippen LogP contribution in [0.25, 0.3) is 22.2 Å². The lowest BCUT2D eigenvalue weighted by Gasteiger charge is -2.07. The van der Waals surface area contributed by atoms with Gasteiger partial charge in [-0.15, -0.1) is 0 Å². The molecule has 0 amide bonds. The number of ketones is 1. The second-order valence-electron chi connectivity index (χ2n) is 9.57. The Balaban J connectivity index is 0.000000505. The Morgan fingerprint density at radius 3 is 2.39 bits per heavy atom. The highest BCUT2D eigenvalue weighted by Gasteiger charge is 2.15. The smallest absolute Gasteiger partial charge is 0.229 e. The molecule has 4 rings (SSSR count). The van der Waals surface area contributed by atoms with Gasteiger partial charge in [0.1, 0.15) is 5.75 Å². The summed E-state index contributed by atoms with van der Waals surface area (Å²) in [5, 5.41) is 13.1. The number of unbranched alkanes of at least 4 members (excludes halogenated alkanes) is 1. The number of amidine groups is 1. The molecule has 0 aliphatic heterocycles. The largest absolute Gasteiger partial charge is 0.485 e. The van der Waals surface area contributed by atoms with Gasteiger partial charge >= 0.3 is 0 Å². The number of fused-ring (bicyclic) bond motifs is 1. The number of benzene rings is 3. The van der Waals surface area contributed by atoms with Gasteiger partial charge in [0.2, 0.25) is 11.7 Å². The summed E-state index contributed by atoms with van der Waals surface area (Å²) in [6.45, 7) is 8.28. The molecule has 7 heteroatoms. The molecule has 0 spiro atoms. The highest BCUT2D eigenvalue weighted by atomic mass is 16.5. The fraction of sp³-hybridized carbons (Fsp3) is 0.355. The predicted molar refractivity (Wildman–Crippen MR) is 153 cm³/mol. The average Bonchev–Trinajstić information content (AvgIpc) is 3.45. The Bertz CT molecular complexity index is 1330. The molecule has 2 atom stereocenters. The lowest BCUT2D eigenvalue weighted by molar-refractivity contribution is 0.0921. The molecule has 3 aromatic carbocycles. The van der Waals surface area contributed by atoms with Crippen molar-refractivity contribution in [2.75, 3.05) is 6.61 Å². The number of rotatable bonds is 11. The lowest BCUT2D eigenvalue weighted by Crippen LogP contribution is -2.18. The summed E-state index contributed by atoms with van der Waals surface area (Å²) in [4.78, 5) is 16.8. The Hall–Kier alpha value is -4.00. The van der Waals surface area contributed by atoms with E-state index in [1.165, 1.54) is 0 Å². The molecule has 1 aromatic heterocycles. The lowest BCUT2D eigenvalue weighted by atomic mass is 10.0. The zero-order valence-electron chi connectivity index (χ0n) is 22.7. The van der Waals surface area contributed by atoms with Crippen molar-refractivity contribution in [3.8, 4) is 17.1 Å². The molecule has 4 aromatic rings. The molecule has 2 unspecified atom stereocenters. The van der Waals surface area contributed by atoms with E-state index >= 15 is 0 Å². The maximum absolute atomic E-state index is 12.2. The summed E-state index contributed by atoms with van der Waals surface area (Å²) in [5.41, 5.74) is 6.69.